The monoisotopic (exact) mass is 370 g/mol. The van der Waals surface area contributed by atoms with Crippen LogP contribution in [0.25, 0.3) is 10.9 Å². The molecule has 1 saturated heterocycles. The highest BCUT2D eigenvalue weighted by atomic mass is 35.5. The molecule has 2 aromatic heterocycles. The van der Waals surface area contributed by atoms with Crippen LogP contribution in [-0.4, -0.2) is 39.3 Å². The summed E-state index contributed by atoms with van der Waals surface area (Å²) >= 11 is 6.10. The first-order valence-corrected chi connectivity index (χ1v) is 10.00. The molecule has 4 nitrogen and oxygen atoms in total. The summed E-state index contributed by atoms with van der Waals surface area (Å²) in [6, 6.07) is 6.61. The zero-order valence-corrected chi connectivity index (χ0v) is 16.3. The van der Waals surface area contributed by atoms with E-state index in [1.807, 2.05) is 23.0 Å². The fourth-order valence-corrected chi connectivity index (χ4v) is 4.17. The molecule has 5 heteroatoms. The van der Waals surface area contributed by atoms with Gasteiger partial charge in [-0.3, -0.25) is 4.68 Å². The zero-order valence-electron chi connectivity index (χ0n) is 15.6. The van der Waals surface area contributed by atoms with Gasteiger partial charge in [0, 0.05) is 40.9 Å². The molecule has 0 spiro atoms. The van der Waals surface area contributed by atoms with E-state index in [1.54, 1.807) is 0 Å². The van der Waals surface area contributed by atoms with Crippen molar-refractivity contribution >= 4 is 22.5 Å². The number of hydrogen-bond donors (Lipinski definition) is 1. The molecule has 0 amide bonds. The van der Waals surface area contributed by atoms with E-state index < -0.39 is 0 Å². The molecule has 1 aliphatic rings. The predicted molar refractivity (Wildman–Crippen MR) is 108 cm³/mol. The van der Waals surface area contributed by atoms with Crippen LogP contribution in [0.3, 0.4) is 0 Å². The highest BCUT2D eigenvalue weighted by molar-refractivity contribution is 6.31. The van der Waals surface area contributed by atoms with Crippen molar-refractivity contribution in [3.05, 3.63) is 52.9 Å². The third-order valence-electron chi connectivity index (χ3n) is 5.60. The maximum absolute atomic E-state index is 6.10. The fraction of sp³-hybridized carbons (Fsp3) is 0.476. The van der Waals surface area contributed by atoms with Gasteiger partial charge in [-0.25, -0.2) is 0 Å². The number of nitrogens with one attached hydrogen (secondary N) is 1. The average molecular weight is 371 g/mol. The lowest BCUT2D eigenvalue weighted by Gasteiger charge is -2.31. The first kappa shape index (κ1) is 17.6. The fourth-order valence-electron chi connectivity index (χ4n) is 4.00. The number of aromatic nitrogens is 3. The smallest absolute Gasteiger partial charge is 0.0522 e. The molecular weight excluding hydrogens is 344 g/mol. The highest BCUT2D eigenvalue weighted by Crippen LogP contribution is 2.34. The second-order valence-corrected chi connectivity index (χ2v) is 8.16. The number of fused-ring (bicyclic) bond motifs is 1. The molecule has 1 fully saturated rings. The summed E-state index contributed by atoms with van der Waals surface area (Å²) in [6.45, 7) is 7.80. The summed E-state index contributed by atoms with van der Waals surface area (Å²) in [4.78, 5) is 5.98. The summed E-state index contributed by atoms with van der Waals surface area (Å²) in [5.74, 6) is 0.643. The highest BCUT2D eigenvalue weighted by Gasteiger charge is 2.22. The van der Waals surface area contributed by atoms with Crippen LogP contribution >= 0.6 is 11.6 Å². The van der Waals surface area contributed by atoms with Crippen LogP contribution in [0.1, 0.15) is 49.8 Å². The van der Waals surface area contributed by atoms with Crippen LogP contribution in [0.5, 0.6) is 0 Å². The molecule has 4 rings (SSSR count). The maximum Gasteiger partial charge on any atom is 0.0522 e. The molecule has 138 valence electrons. The Kier molecular flexibility index (Phi) is 5.05. The van der Waals surface area contributed by atoms with Crippen molar-refractivity contribution in [2.24, 2.45) is 0 Å². The average Bonchev–Trinajstić information content (AvgIpc) is 3.27. The minimum atomic E-state index is 0.436. The summed E-state index contributed by atoms with van der Waals surface area (Å²) in [7, 11) is 0. The van der Waals surface area contributed by atoms with Crippen LogP contribution in [0, 0.1) is 0 Å². The Bertz CT molecular complexity index is 871. The first-order chi connectivity index (χ1) is 12.6. The Morgan fingerprint density at radius 1 is 1.27 bits per heavy atom. The van der Waals surface area contributed by atoms with Gasteiger partial charge in [0.05, 0.1) is 6.20 Å². The molecule has 26 heavy (non-hydrogen) atoms. The summed E-state index contributed by atoms with van der Waals surface area (Å²) < 4.78 is 2.05. The number of likely N-dealkylation sites (tertiary alicyclic amines) is 1. The number of aromatic amines is 1. The molecule has 0 aliphatic carbocycles. The molecular formula is C21H27ClN4. The number of benzene rings is 1. The Balaban J connectivity index is 1.33. The topological polar surface area (TPSA) is 36.9 Å². The van der Waals surface area contributed by atoms with Crippen molar-refractivity contribution in [2.75, 3.05) is 19.6 Å². The van der Waals surface area contributed by atoms with Crippen molar-refractivity contribution < 1.29 is 0 Å². The summed E-state index contributed by atoms with van der Waals surface area (Å²) in [5, 5.41) is 6.57. The Labute approximate surface area is 160 Å². The van der Waals surface area contributed by atoms with Gasteiger partial charge < -0.3 is 9.88 Å². The number of halogens is 1. The lowest BCUT2D eigenvalue weighted by molar-refractivity contribution is 0.215. The van der Waals surface area contributed by atoms with Gasteiger partial charge in [-0.15, -0.1) is 0 Å². The standard InChI is InChI=1S/C21H27ClN4/c1-15(2)26-14-16(12-24-26)5-8-25-9-6-17(7-10-25)20-13-23-21-11-18(22)3-4-19(20)21/h3-4,11-15,17,23H,5-10H2,1-2H3. The molecule has 1 aliphatic heterocycles. The van der Waals surface area contributed by atoms with E-state index in [0.717, 1.165) is 23.5 Å². The molecule has 0 bridgehead atoms. The molecule has 0 radical (unpaired) electrons. The minimum absolute atomic E-state index is 0.436. The predicted octanol–water partition coefficient (Wildman–Crippen LogP) is 5.02. The van der Waals surface area contributed by atoms with E-state index >= 15 is 0 Å². The van der Waals surface area contributed by atoms with Crippen molar-refractivity contribution in [1.82, 2.24) is 19.7 Å². The largest absolute Gasteiger partial charge is 0.361 e. The number of piperidine rings is 1. The SMILES string of the molecule is CC(C)n1cc(CCN2CCC(c3c[nH]c4cc(Cl)ccc34)CC2)cn1. The Hall–Kier alpha value is -1.78. The minimum Gasteiger partial charge on any atom is -0.361 e. The number of nitrogens with zero attached hydrogens (tertiary/aromatic N) is 3. The maximum atomic E-state index is 6.10. The van der Waals surface area contributed by atoms with E-state index in [4.69, 9.17) is 11.6 Å². The lowest BCUT2D eigenvalue weighted by atomic mass is 9.89. The van der Waals surface area contributed by atoms with Crippen LogP contribution < -0.4 is 0 Å². The Morgan fingerprint density at radius 3 is 2.81 bits per heavy atom. The van der Waals surface area contributed by atoms with E-state index in [1.165, 1.54) is 42.4 Å². The second kappa shape index (κ2) is 7.45. The van der Waals surface area contributed by atoms with Gasteiger partial charge in [0.15, 0.2) is 0 Å². The van der Waals surface area contributed by atoms with Gasteiger partial charge in [0.1, 0.15) is 0 Å². The lowest BCUT2D eigenvalue weighted by Crippen LogP contribution is -2.34. The third kappa shape index (κ3) is 3.67. The molecule has 0 saturated carbocycles. The van der Waals surface area contributed by atoms with E-state index in [0.29, 0.717) is 12.0 Å². The van der Waals surface area contributed by atoms with Crippen LogP contribution in [0.2, 0.25) is 5.02 Å². The summed E-state index contributed by atoms with van der Waals surface area (Å²) in [6.07, 6.45) is 9.92. The molecule has 0 unspecified atom stereocenters. The van der Waals surface area contributed by atoms with Crippen molar-refractivity contribution in [3.8, 4) is 0 Å². The van der Waals surface area contributed by atoms with Gasteiger partial charge in [-0.1, -0.05) is 17.7 Å². The number of hydrogen-bond acceptors (Lipinski definition) is 2. The van der Waals surface area contributed by atoms with Crippen LogP contribution in [0.15, 0.2) is 36.8 Å². The van der Waals surface area contributed by atoms with E-state index in [2.05, 4.69) is 47.3 Å². The van der Waals surface area contributed by atoms with Gasteiger partial charge in [-0.05, 0) is 75.4 Å². The zero-order chi connectivity index (χ0) is 18.1. The second-order valence-electron chi connectivity index (χ2n) is 7.72. The van der Waals surface area contributed by atoms with Crippen LogP contribution in [-0.2, 0) is 6.42 Å². The summed E-state index contributed by atoms with van der Waals surface area (Å²) in [5.41, 5.74) is 3.95. The van der Waals surface area contributed by atoms with Crippen molar-refractivity contribution in [1.29, 1.82) is 0 Å². The number of rotatable bonds is 5. The quantitative estimate of drug-likeness (QED) is 0.684. The molecule has 3 aromatic rings. The molecule has 1 aromatic carbocycles. The van der Waals surface area contributed by atoms with Gasteiger partial charge in [0.25, 0.3) is 0 Å². The number of H-pyrrole nitrogens is 1. The van der Waals surface area contributed by atoms with E-state index in [9.17, 15) is 0 Å². The van der Waals surface area contributed by atoms with Crippen molar-refractivity contribution in [2.45, 2.75) is 45.1 Å². The first-order valence-electron chi connectivity index (χ1n) is 9.62. The van der Waals surface area contributed by atoms with E-state index in [-0.39, 0.29) is 0 Å². The van der Waals surface area contributed by atoms with Crippen LogP contribution in [0.4, 0.5) is 0 Å². The third-order valence-corrected chi connectivity index (χ3v) is 5.84. The molecule has 3 heterocycles. The van der Waals surface area contributed by atoms with Gasteiger partial charge in [0.2, 0.25) is 0 Å². The Morgan fingerprint density at radius 2 is 2.08 bits per heavy atom. The molecule has 1 N–H and O–H groups in total. The van der Waals surface area contributed by atoms with Gasteiger partial charge in [-0.2, -0.15) is 5.10 Å². The van der Waals surface area contributed by atoms with Gasteiger partial charge >= 0.3 is 0 Å². The van der Waals surface area contributed by atoms with Crippen molar-refractivity contribution in [3.63, 3.8) is 0 Å². The normalized spacial score (nSPS) is 16.8. The molecule has 0 atom stereocenters.